The molecule has 0 radical (unpaired) electrons. The Morgan fingerprint density at radius 2 is 1.81 bits per heavy atom. The number of hydrogen-bond donors (Lipinski definition) is 0. The number of hydrogen-bond acceptors (Lipinski definition) is 4. The van der Waals surface area contributed by atoms with Gasteiger partial charge in [-0.1, -0.05) is 66.8 Å². The molecule has 2 heterocycles. The number of carbonyl (C=O) groups excluding carboxylic acids is 1. The summed E-state index contributed by atoms with van der Waals surface area (Å²) >= 11 is 1.55. The molecule has 5 aromatic rings. The van der Waals surface area contributed by atoms with Crippen molar-refractivity contribution in [1.29, 1.82) is 0 Å². The molecule has 0 bridgehead atoms. The Morgan fingerprint density at radius 3 is 2.65 bits per heavy atom. The van der Waals surface area contributed by atoms with Gasteiger partial charge in [0.15, 0.2) is 5.13 Å². The minimum absolute atomic E-state index is 0.0720. The zero-order chi connectivity index (χ0) is 21.2. The van der Waals surface area contributed by atoms with Crippen molar-refractivity contribution in [3.05, 3.63) is 102 Å². The number of carbonyl (C=O) groups is 1. The van der Waals surface area contributed by atoms with E-state index >= 15 is 0 Å². The summed E-state index contributed by atoms with van der Waals surface area (Å²) in [4.78, 5) is 24.8. The van der Waals surface area contributed by atoms with Crippen LogP contribution in [0.25, 0.3) is 21.0 Å². The maximum absolute atomic E-state index is 13.8. The van der Waals surface area contributed by atoms with E-state index in [0.717, 1.165) is 33.1 Å². The number of fused-ring (bicyclic) bond motifs is 2. The Balaban J connectivity index is 1.62. The third-order valence-electron chi connectivity index (χ3n) is 5.39. The van der Waals surface area contributed by atoms with Gasteiger partial charge in [0.05, 0.1) is 22.5 Å². The van der Waals surface area contributed by atoms with Crippen molar-refractivity contribution in [1.82, 2.24) is 9.97 Å². The van der Waals surface area contributed by atoms with Crippen LogP contribution in [-0.2, 0) is 13.0 Å². The molecule has 3 aromatic carbocycles. The number of nitrogens with zero attached hydrogens (tertiary/aromatic N) is 3. The van der Waals surface area contributed by atoms with Gasteiger partial charge in [-0.05, 0) is 53.1 Å². The predicted octanol–water partition coefficient (Wildman–Crippen LogP) is 6.25. The third kappa shape index (κ3) is 3.80. The second-order valence-electron chi connectivity index (χ2n) is 7.39. The van der Waals surface area contributed by atoms with Crippen LogP contribution in [0.3, 0.4) is 0 Å². The SMILES string of the molecule is CCc1ccc2nc(N(Cc3ccccn3)C(=O)c3cccc4ccccc34)sc2c1. The van der Waals surface area contributed by atoms with Gasteiger partial charge in [-0.3, -0.25) is 14.7 Å². The smallest absolute Gasteiger partial charge is 0.261 e. The Morgan fingerprint density at radius 1 is 0.968 bits per heavy atom. The van der Waals surface area contributed by atoms with E-state index < -0.39 is 0 Å². The zero-order valence-electron chi connectivity index (χ0n) is 17.2. The van der Waals surface area contributed by atoms with Crippen LogP contribution in [0.5, 0.6) is 0 Å². The number of aromatic nitrogens is 2. The largest absolute Gasteiger partial charge is 0.278 e. The fraction of sp³-hybridized carbons (Fsp3) is 0.115. The van der Waals surface area contributed by atoms with E-state index in [1.165, 1.54) is 5.56 Å². The Bertz CT molecular complexity index is 1370. The first kappa shape index (κ1) is 19.4. The molecule has 152 valence electrons. The van der Waals surface area contributed by atoms with Gasteiger partial charge in [0.2, 0.25) is 0 Å². The zero-order valence-corrected chi connectivity index (χ0v) is 18.0. The molecule has 0 aliphatic heterocycles. The number of aryl methyl sites for hydroxylation is 1. The first-order valence-electron chi connectivity index (χ1n) is 10.3. The van der Waals surface area contributed by atoms with Crippen LogP contribution in [-0.4, -0.2) is 15.9 Å². The van der Waals surface area contributed by atoms with Crippen LogP contribution >= 0.6 is 11.3 Å². The second-order valence-corrected chi connectivity index (χ2v) is 8.40. The molecule has 0 aliphatic rings. The predicted molar refractivity (Wildman–Crippen MR) is 128 cm³/mol. The molecule has 0 spiro atoms. The summed E-state index contributed by atoms with van der Waals surface area (Å²) in [7, 11) is 0. The summed E-state index contributed by atoms with van der Waals surface area (Å²) in [6.07, 6.45) is 2.72. The highest BCUT2D eigenvalue weighted by Crippen LogP contribution is 2.32. The molecule has 2 aromatic heterocycles. The van der Waals surface area contributed by atoms with Crippen LogP contribution in [0, 0.1) is 0 Å². The number of benzene rings is 3. The molecule has 0 N–H and O–H groups in total. The van der Waals surface area contributed by atoms with Crippen molar-refractivity contribution < 1.29 is 4.79 Å². The van der Waals surface area contributed by atoms with E-state index in [9.17, 15) is 4.79 Å². The Hall–Kier alpha value is -3.57. The Labute approximate surface area is 184 Å². The first-order valence-corrected chi connectivity index (χ1v) is 11.1. The van der Waals surface area contributed by atoms with E-state index in [2.05, 4.69) is 24.0 Å². The highest BCUT2D eigenvalue weighted by Gasteiger charge is 2.23. The van der Waals surface area contributed by atoms with E-state index in [4.69, 9.17) is 4.98 Å². The minimum atomic E-state index is -0.0720. The van der Waals surface area contributed by atoms with Gasteiger partial charge in [0.25, 0.3) is 5.91 Å². The van der Waals surface area contributed by atoms with Gasteiger partial charge in [-0.2, -0.15) is 0 Å². The molecule has 0 saturated carbocycles. The number of pyridine rings is 1. The molecular weight excluding hydrogens is 402 g/mol. The Kier molecular flexibility index (Phi) is 5.18. The van der Waals surface area contributed by atoms with Crippen LogP contribution in [0.15, 0.2) is 85.1 Å². The maximum atomic E-state index is 13.8. The molecule has 4 nitrogen and oxygen atoms in total. The van der Waals surface area contributed by atoms with Crippen LogP contribution in [0.4, 0.5) is 5.13 Å². The molecule has 1 amide bonds. The molecule has 31 heavy (non-hydrogen) atoms. The lowest BCUT2D eigenvalue weighted by molar-refractivity contribution is 0.0986. The average Bonchev–Trinajstić information content (AvgIpc) is 3.25. The van der Waals surface area contributed by atoms with Crippen molar-refractivity contribution in [3.63, 3.8) is 0 Å². The van der Waals surface area contributed by atoms with Crippen molar-refractivity contribution in [2.75, 3.05) is 4.90 Å². The summed E-state index contributed by atoms with van der Waals surface area (Å²) in [5, 5.41) is 2.67. The van der Waals surface area contributed by atoms with Crippen molar-refractivity contribution in [2.45, 2.75) is 19.9 Å². The van der Waals surface area contributed by atoms with Crippen LogP contribution in [0.2, 0.25) is 0 Å². The number of thiazole rings is 1. The van der Waals surface area contributed by atoms with Crippen molar-refractivity contribution in [3.8, 4) is 0 Å². The summed E-state index contributed by atoms with van der Waals surface area (Å²) < 4.78 is 1.09. The van der Waals surface area contributed by atoms with Gasteiger partial charge in [-0.15, -0.1) is 0 Å². The molecule has 5 heteroatoms. The lowest BCUT2D eigenvalue weighted by atomic mass is 10.0. The number of anilines is 1. The molecule has 0 saturated heterocycles. The molecular formula is C26H21N3OS. The van der Waals surface area contributed by atoms with Crippen LogP contribution < -0.4 is 4.90 Å². The summed E-state index contributed by atoms with van der Waals surface area (Å²) in [6, 6.07) is 25.9. The van der Waals surface area contributed by atoms with Gasteiger partial charge < -0.3 is 0 Å². The van der Waals surface area contributed by atoms with Gasteiger partial charge in [0.1, 0.15) is 0 Å². The van der Waals surface area contributed by atoms with Crippen molar-refractivity contribution in [2.24, 2.45) is 0 Å². The van der Waals surface area contributed by atoms with E-state index in [1.807, 2.05) is 66.7 Å². The molecule has 0 atom stereocenters. The van der Waals surface area contributed by atoms with E-state index in [1.54, 1.807) is 22.4 Å². The van der Waals surface area contributed by atoms with E-state index in [0.29, 0.717) is 17.2 Å². The second kappa shape index (κ2) is 8.28. The molecule has 0 fully saturated rings. The normalized spacial score (nSPS) is 11.1. The van der Waals surface area contributed by atoms with Gasteiger partial charge in [-0.25, -0.2) is 4.98 Å². The van der Waals surface area contributed by atoms with Crippen molar-refractivity contribution >= 4 is 43.4 Å². The third-order valence-corrected chi connectivity index (χ3v) is 6.43. The average molecular weight is 424 g/mol. The van der Waals surface area contributed by atoms with E-state index in [-0.39, 0.29) is 5.91 Å². The molecule has 0 aliphatic carbocycles. The summed E-state index contributed by atoms with van der Waals surface area (Å²) in [6.45, 7) is 2.50. The molecule has 0 unspecified atom stereocenters. The quantitative estimate of drug-likeness (QED) is 0.335. The fourth-order valence-electron chi connectivity index (χ4n) is 3.73. The minimum Gasteiger partial charge on any atom is -0.278 e. The monoisotopic (exact) mass is 423 g/mol. The van der Waals surface area contributed by atoms with Gasteiger partial charge >= 0.3 is 0 Å². The first-order chi connectivity index (χ1) is 15.2. The summed E-state index contributed by atoms with van der Waals surface area (Å²) in [5.41, 5.74) is 3.67. The lowest BCUT2D eigenvalue weighted by Gasteiger charge is -2.20. The summed E-state index contributed by atoms with van der Waals surface area (Å²) in [5.74, 6) is -0.0720. The lowest BCUT2D eigenvalue weighted by Crippen LogP contribution is -2.30. The van der Waals surface area contributed by atoms with Gasteiger partial charge in [0, 0.05) is 11.8 Å². The molecule has 5 rings (SSSR count). The van der Waals surface area contributed by atoms with Crippen LogP contribution in [0.1, 0.15) is 28.5 Å². The topological polar surface area (TPSA) is 46.1 Å². The number of rotatable bonds is 5. The maximum Gasteiger partial charge on any atom is 0.261 e. The highest BCUT2D eigenvalue weighted by atomic mass is 32.1. The number of amides is 1. The fourth-order valence-corrected chi connectivity index (χ4v) is 4.76. The standard InChI is InChI=1S/C26H21N3OS/c1-2-18-13-14-23-24(16-18)31-26(28-23)29(17-20-10-5-6-15-27-20)25(30)22-12-7-9-19-8-3-4-11-21(19)22/h3-16H,2,17H2,1H3. The highest BCUT2D eigenvalue weighted by molar-refractivity contribution is 7.22.